The number of para-hydroxylation sites is 1. The van der Waals surface area contributed by atoms with Gasteiger partial charge in [-0.25, -0.2) is 0 Å². The first-order valence-corrected chi connectivity index (χ1v) is 6.79. The number of aryl methyl sites for hydroxylation is 2. The normalized spacial score (nSPS) is 12.1. The van der Waals surface area contributed by atoms with Gasteiger partial charge in [-0.3, -0.25) is 4.79 Å². The number of thiocarbonyl (C=S) groups is 1. The van der Waals surface area contributed by atoms with Crippen molar-refractivity contribution in [1.29, 1.82) is 0 Å². The lowest BCUT2D eigenvalue weighted by Gasteiger charge is -2.31. The Labute approximate surface area is 119 Å². The van der Waals surface area contributed by atoms with Gasteiger partial charge >= 0.3 is 0 Å². The zero-order chi connectivity index (χ0) is 13.9. The molecule has 1 aromatic rings. The van der Waals surface area contributed by atoms with Crippen LogP contribution in [0.25, 0.3) is 0 Å². The van der Waals surface area contributed by atoms with E-state index < -0.39 is 0 Å². The molecule has 2 nitrogen and oxygen atoms in total. The Morgan fingerprint density at radius 2 is 1.89 bits per heavy atom. The maximum absolute atomic E-state index is 12.1. The van der Waals surface area contributed by atoms with Crippen LogP contribution in [0.3, 0.4) is 0 Å². The molecular formula is C14H18ClNOS. The highest BCUT2D eigenvalue weighted by Gasteiger charge is 2.25. The van der Waals surface area contributed by atoms with Gasteiger partial charge in [0.15, 0.2) is 0 Å². The molecule has 0 N–H and O–H groups in total. The second kappa shape index (κ2) is 6.30. The van der Waals surface area contributed by atoms with Gasteiger partial charge < -0.3 is 4.90 Å². The van der Waals surface area contributed by atoms with E-state index in [4.69, 9.17) is 23.8 Å². The molecule has 0 spiro atoms. The van der Waals surface area contributed by atoms with Crippen LogP contribution in [-0.4, -0.2) is 22.7 Å². The second-order valence-electron chi connectivity index (χ2n) is 4.42. The largest absolute Gasteiger partial charge is 0.303 e. The Morgan fingerprint density at radius 1 is 1.39 bits per heavy atom. The predicted octanol–water partition coefficient (Wildman–Crippen LogP) is 3.65. The first-order chi connectivity index (χ1) is 8.40. The minimum atomic E-state index is -0.133. The molecule has 0 aliphatic carbocycles. The van der Waals surface area contributed by atoms with Crippen LogP contribution in [-0.2, 0) is 4.79 Å². The van der Waals surface area contributed by atoms with Gasteiger partial charge in [-0.15, -0.1) is 11.6 Å². The topological polar surface area (TPSA) is 20.3 Å². The van der Waals surface area contributed by atoms with Gasteiger partial charge in [-0.1, -0.05) is 30.4 Å². The van der Waals surface area contributed by atoms with Crippen LogP contribution in [0.1, 0.15) is 25.0 Å². The van der Waals surface area contributed by atoms with Crippen LogP contribution in [0, 0.1) is 13.8 Å². The molecule has 1 aromatic carbocycles. The molecule has 0 fully saturated rings. The van der Waals surface area contributed by atoms with Crippen molar-refractivity contribution in [1.82, 2.24) is 0 Å². The summed E-state index contributed by atoms with van der Waals surface area (Å²) in [5, 5.41) is 0. The van der Waals surface area contributed by atoms with Crippen molar-refractivity contribution < 1.29 is 4.79 Å². The summed E-state index contributed by atoms with van der Waals surface area (Å²) in [5.41, 5.74) is 3.02. The molecule has 0 aliphatic rings. The van der Waals surface area contributed by atoms with E-state index in [0.717, 1.165) is 21.7 Å². The molecule has 1 rings (SSSR count). The summed E-state index contributed by atoms with van der Waals surface area (Å²) in [7, 11) is 0. The van der Waals surface area contributed by atoms with Gasteiger partial charge in [0.1, 0.15) is 5.88 Å². The fourth-order valence-corrected chi connectivity index (χ4v) is 2.20. The monoisotopic (exact) mass is 283 g/mol. The first-order valence-electron chi connectivity index (χ1n) is 5.84. The Hall–Kier alpha value is -0.930. The quantitative estimate of drug-likeness (QED) is 0.621. The minimum absolute atomic E-state index is 0.0409. The number of halogens is 1. The number of nitrogens with zero attached hydrogens (tertiary/aromatic N) is 1. The highest BCUT2D eigenvalue weighted by atomic mass is 35.5. The van der Waals surface area contributed by atoms with Crippen molar-refractivity contribution in [2.45, 2.75) is 33.7 Å². The van der Waals surface area contributed by atoms with Crippen molar-refractivity contribution >= 4 is 40.3 Å². The average Bonchev–Trinajstić information content (AvgIpc) is 2.32. The summed E-state index contributed by atoms with van der Waals surface area (Å²) in [6.45, 7) is 7.76. The standard InChI is InChI=1S/C14H18ClNOS/c1-9-6-5-7-10(2)14(9)16(13(17)8-15)11(3)12(4)18/h5-7,11H,8H2,1-4H3. The molecule has 0 saturated heterocycles. The van der Waals surface area contributed by atoms with Gasteiger partial charge in [-0.05, 0) is 38.8 Å². The maximum atomic E-state index is 12.1. The van der Waals surface area contributed by atoms with Crippen LogP contribution >= 0.6 is 23.8 Å². The molecule has 4 heteroatoms. The average molecular weight is 284 g/mol. The summed E-state index contributed by atoms with van der Waals surface area (Å²) in [5.74, 6) is -0.161. The van der Waals surface area contributed by atoms with E-state index in [-0.39, 0.29) is 17.8 Å². The smallest absolute Gasteiger partial charge is 0.242 e. The summed E-state index contributed by atoms with van der Waals surface area (Å²) >= 11 is 10.9. The number of amides is 1. The van der Waals surface area contributed by atoms with Crippen molar-refractivity contribution in [2.24, 2.45) is 0 Å². The highest BCUT2D eigenvalue weighted by Crippen LogP contribution is 2.27. The number of benzene rings is 1. The SMILES string of the molecule is CC(=S)C(C)N(C(=O)CCl)c1c(C)cccc1C. The zero-order valence-corrected chi connectivity index (χ0v) is 12.7. The lowest BCUT2D eigenvalue weighted by atomic mass is 10.1. The molecule has 0 aliphatic heterocycles. The van der Waals surface area contributed by atoms with Gasteiger partial charge in [0.05, 0.1) is 11.7 Å². The van der Waals surface area contributed by atoms with Crippen molar-refractivity contribution in [3.63, 3.8) is 0 Å². The summed E-state index contributed by atoms with van der Waals surface area (Å²) < 4.78 is 0. The fraction of sp³-hybridized carbons (Fsp3) is 0.429. The molecule has 1 atom stereocenters. The molecule has 0 radical (unpaired) electrons. The Morgan fingerprint density at radius 3 is 2.28 bits per heavy atom. The highest BCUT2D eigenvalue weighted by molar-refractivity contribution is 7.80. The second-order valence-corrected chi connectivity index (χ2v) is 5.34. The van der Waals surface area contributed by atoms with E-state index in [1.54, 1.807) is 4.90 Å². The van der Waals surface area contributed by atoms with Crippen LogP contribution in [0.5, 0.6) is 0 Å². The molecule has 0 saturated carbocycles. The van der Waals surface area contributed by atoms with Gasteiger partial charge in [-0.2, -0.15) is 0 Å². The molecule has 98 valence electrons. The van der Waals surface area contributed by atoms with E-state index in [0.29, 0.717) is 0 Å². The third kappa shape index (κ3) is 3.09. The Kier molecular flexibility index (Phi) is 5.29. The van der Waals surface area contributed by atoms with Gasteiger partial charge in [0, 0.05) is 4.86 Å². The van der Waals surface area contributed by atoms with E-state index in [1.165, 1.54) is 0 Å². The fourth-order valence-electron chi connectivity index (χ4n) is 1.97. The third-order valence-electron chi connectivity index (χ3n) is 3.04. The van der Waals surface area contributed by atoms with Crippen molar-refractivity contribution in [3.05, 3.63) is 29.3 Å². The van der Waals surface area contributed by atoms with E-state index in [1.807, 2.05) is 45.9 Å². The summed E-state index contributed by atoms with van der Waals surface area (Å²) in [6, 6.07) is 5.82. The van der Waals surface area contributed by atoms with E-state index >= 15 is 0 Å². The molecule has 1 unspecified atom stereocenters. The van der Waals surface area contributed by atoms with Gasteiger partial charge in [0.2, 0.25) is 5.91 Å². The first kappa shape index (κ1) is 15.1. The lowest BCUT2D eigenvalue weighted by Crippen LogP contribution is -2.43. The lowest BCUT2D eigenvalue weighted by molar-refractivity contribution is -0.116. The molecule has 1 amide bonds. The Balaban J connectivity index is 3.35. The number of rotatable bonds is 4. The zero-order valence-electron chi connectivity index (χ0n) is 11.2. The van der Waals surface area contributed by atoms with Crippen LogP contribution in [0.15, 0.2) is 18.2 Å². The minimum Gasteiger partial charge on any atom is -0.303 e. The van der Waals surface area contributed by atoms with Crippen LogP contribution < -0.4 is 4.90 Å². The summed E-state index contributed by atoms with van der Waals surface area (Å²) in [6.07, 6.45) is 0. The molecule has 0 bridgehead atoms. The van der Waals surface area contributed by atoms with Crippen molar-refractivity contribution in [2.75, 3.05) is 10.8 Å². The number of hydrogen-bond acceptors (Lipinski definition) is 2. The van der Waals surface area contributed by atoms with Gasteiger partial charge in [0.25, 0.3) is 0 Å². The third-order valence-corrected chi connectivity index (χ3v) is 3.61. The van der Waals surface area contributed by atoms with Crippen LogP contribution in [0.2, 0.25) is 0 Å². The maximum Gasteiger partial charge on any atom is 0.242 e. The van der Waals surface area contributed by atoms with E-state index in [2.05, 4.69) is 0 Å². The predicted molar refractivity (Wildman–Crippen MR) is 81.9 cm³/mol. The summed E-state index contributed by atoms with van der Waals surface area (Å²) in [4.78, 5) is 14.6. The number of anilines is 1. The van der Waals surface area contributed by atoms with Crippen molar-refractivity contribution in [3.8, 4) is 0 Å². The molecule has 0 heterocycles. The number of alkyl halides is 1. The number of carbonyl (C=O) groups is 1. The number of hydrogen-bond donors (Lipinski definition) is 0. The molecule has 0 aromatic heterocycles. The van der Waals surface area contributed by atoms with Crippen LogP contribution in [0.4, 0.5) is 5.69 Å². The number of carbonyl (C=O) groups excluding carboxylic acids is 1. The molecular weight excluding hydrogens is 266 g/mol. The Bertz CT molecular complexity index is 453. The van der Waals surface area contributed by atoms with E-state index in [9.17, 15) is 4.79 Å². The molecule has 18 heavy (non-hydrogen) atoms.